The van der Waals surface area contributed by atoms with Crippen LogP contribution < -0.4 is 31.4 Å². The van der Waals surface area contributed by atoms with Gasteiger partial charge < -0.3 is 35.2 Å². The third-order valence-corrected chi connectivity index (χ3v) is 18.3. The smallest absolute Gasteiger partial charge is 0.305 e. The van der Waals surface area contributed by atoms with Gasteiger partial charge >= 0.3 is 5.97 Å². The van der Waals surface area contributed by atoms with E-state index in [9.17, 15) is 33.2 Å². The average molecular weight is 1050 g/mol. The molecular formula is C61H78F2N4O9. The van der Waals surface area contributed by atoms with Crippen LogP contribution in [0.15, 0.2) is 63.3 Å². The highest BCUT2D eigenvalue weighted by atomic mass is 19.1. The van der Waals surface area contributed by atoms with E-state index in [1.807, 2.05) is 0 Å². The molecule has 2 aromatic carbocycles. The minimum Gasteiger partial charge on any atom is -0.494 e. The Bertz CT molecular complexity index is 2900. The summed E-state index contributed by atoms with van der Waals surface area (Å²) in [6.07, 6.45) is 15.7. The van der Waals surface area contributed by atoms with Gasteiger partial charge in [0.1, 0.15) is 17.4 Å². The summed E-state index contributed by atoms with van der Waals surface area (Å²) in [6, 6.07) is 8.06. The Morgan fingerprint density at radius 2 is 1.58 bits per heavy atom. The van der Waals surface area contributed by atoms with E-state index >= 15 is 4.39 Å². The third-order valence-electron chi connectivity index (χ3n) is 18.3. The quantitative estimate of drug-likeness (QED) is 0.0380. The third kappa shape index (κ3) is 11.9. The lowest BCUT2D eigenvalue weighted by molar-refractivity contribution is -0.141. The fraction of sp³-hybridized carbons (Fsp3) is 0.574. The van der Waals surface area contributed by atoms with Gasteiger partial charge in [0, 0.05) is 72.6 Å². The molecular weight excluding hydrogens is 971 g/mol. The Morgan fingerprint density at radius 3 is 2.32 bits per heavy atom. The van der Waals surface area contributed by atoms with Crippen molar-refractivity contribution < 1.29 is 46.6 Å². The molecule has 5 aliphatic carbocycles. The number of ether oxygens (including phenoxy) is 2. The van der Waals surface area contributed by atoms with Crippen LogP contribution in [0, 0.1) is 64.9 Å². The highest BCUT2D eigenvalue weighted by Gasteiger charge is 2.59. The van der Waals surface area contributed by atoms with E-state index in [-0.39, 0.29) is 95.6 Å². The minimum absolute atomic E-state index is 0.0561. The molecule has 9 atom stereocenters. The van der Waals surface area contributed by atoms with E-state index in [1.54, 1.807) is 19.1 Å². The summed E-state index contributed by atoms with van der Waals surface area (Å²) >= 11 is 0. The van der Waals surface area contributed by atoms with Gasteiger partial charge in [0.05, 0.1) is 14.2 Å². The number of hydrogen-bond donors (Lipinski definition) is 4. The molecule has 8 rings (SSSR count). The van der Waals surface area contributed by atoms with Crippen molar-refractivity contribution >= 4 is 40.6 Å². The topological polar surface area (TPSA) is 182 Å². The van der Waals surface area contributed by atoms with Gasteiger partial charge in [0.25, 0.3) is 5.91 Å². The molecule has 6 aliphatic rings. The first-order valence-electron chi connectivity index (χ1n) is 27.7. The Kier molecular flexibility index (Phi) is 17.4. The molecule has 4 amide bonds. The highest BCUT2D eigenvalue weighted by Crippen LogP contribution is 2.67. The van der Waals surface area contributed by atoms with Gasteiger partial charge in [-0.3, -0.25) is 28.8 Å². The zero-order valence-electron chi connectivity index (χ0n) is 45.7. The van der Waals surface area contributed by atoms with Crippen molar-refractivity contribution in [2.45, 2.75) is 150 Å². The fourth-order valence-corrected chi connectivity index (χ4v) is 14.2. The molecule has 0 bridgehead atoms. The standard InChI is InChI=1S/C61H78F2N4O9/c1-34(2)10-9-11-35(3)44-16-17-45-41-15-13-38-29-39(20-24-60(38,5)46(41)21-25-61(44,45)6)66-55(70)23-26-64-54(69)22-27-65-59(73)49(18-19-56(71)75-8)67-58(72)37-12-14-40(36(4)28-37)57-42-30-47(62)50(68)32-51(42)76-52-33-53(74-7)48(63)31-43(52)57/h12-14,28,30-35,39,41,44-46,49H,9-11,15-27,29H2,1-8H3,(H,64,69)(H,65,73)(H,66,70)(H,67,72)/t35-,39+,41?,44?,45?,46?,49+,60+,61-/m1/s1. The van der Waals surface area contributed by atoms with Gasteiger partial charge in [-0.1, -0.05) is 71.6 Å². The number of fused-ring (bicyclic) bond motifs is 7. The van der Waals surface area contributed by atoms with Crippen LogP contribution in [0.1, 0.15) is 147 Å². The lowest BCUT2D eigenvalue weighted by atomic mass is 9.47. The molecule has 3 fully saturated rings. The normalized spacial score (nSPS) is 24.6. The molecule has 0 spiro atoms. The second kappa shape index (κ2) is 23.6. The van der Waals surface area contributed by atoms with Gasteiger partial charge in [-0.2, -0.15) is 0 Å². The van der Waals surface area contributed by atoms with Gasteiger partial charge in [0.15, 0.2) is 17.4 Å². The van der Waals surface area contributed by atoms with Crippen LogP contribution in [0.4, 0.5) is 8.78 Å². The second-order valence-corrected chi connectivity index (χ2v) is 23.3. The van der Waals surface area contributed by atoms with Crippen LogP contribution in [-0.4, -0.2) is 69.0 Å². The van der Waals surface area contributed by atoms with E-state index in [2.05, 4.69) is 62.0 Å². The van der Waals surface area contributed by atoms with Crippen LogP contribution in [0.3, 0.4) is 0 Å². The number of carbonyl (C=O) groups is 5. The van der Waals surface area contributed by atoms with E-state index in [4.69, 9.17) is 13.9 Å². The molecule has 0 aromatic heterocycles. The SMILES string of the molecule is COC(=O)CC[C@H](NC(=O)c1ccc(-c2c3cc(F)c(=O)cc-3oc3cc(OC)c(F)cc23)c(C)c1)C(=O)NCCC(=O)NCCC(=O)N[C@H]1CC[C@@]2(C)C(=CCC3C4CCC([C@H](C)CCCC(C)C)[C@@]4(C)CCC32)C1. The average Bonchev–Trinajstić information content (AvgIpc) is 3.77. The summed E-state index contributed by atoms with van der Waals surface area (Å²) in [5.74, 6) is 0.523. The molecule has 0 saturated heterocycles. The summed E-state index contributed by atoms with van der Waals surface area (Å²) < 4.78 is 45.7. The molecule has 76 heavy (non-hydrogen) atoms. The Labute approximate surface area is 445 Å². The number of esters is 1. The Hall–Kier alpha value is -6.12. The molecule has 1 aliphatic heterocycles. The second-order valence-electron chi connectivity index (χ2n) is 23.3. The summed E-state index contributed by atoms with van der Waals surface area (Å²) in [5, 5.41) is 11.7. The van der Waals surface area contributed by atoms with Crippen molar-refractivity contribution in [1.29, 1.82) is 0 Å². The lowest BCUT2D eigenvalue weighted by Crippen LogP contribution is -2.52. The predicted octanol–water partition coefficient (Wildman–Crippen LogP) is 10.8. The number of carbonyl (C=O) groups excluding carboxylic acids is 5. The van der Waals surface area contributed by atoms with Gasteiger partial charge in [-0.05, 0) is 146 Å². The first-order valence-corrected chi connectivity index (χ1v) is 27.7. The maximum atomic E-state index is 15.1. The van der Waals surface area contributed by atoms with Crippen molar-refractivity contribution in [3.05, 3.63) is 87.1 Å². The van der Waals surface area contributed by atoms with E-state index < -0.39 is 40.9 Å². The minimum atomic E-state index is -1.19. The molecule has 1 heterocycles. The molecule has 13 nitrogen and oxygen atoms in total. The van der Waals surface area contributed by atoms with Crippen molar-refractivity contribution in [3.8, 4) is 28.2 Å². The van der Waals surface area contributed by atoms with Crippen molar-refractivity contribution in [3.63, 3.8) is 0 Å². The molecule has 410 valence electrons. The van der Waals surface area contributed by atoms with Crippen LogP contribution in [0.25, 0.3) is 33.4 Å². The number of rotatable bonds is 20. The molecule has 15 heteroatoms. The number of methoxy groups -OCH3 is 2. The highest BCUT2D eigenvalue weighted by molar-refractivity contribution is 6.04. The van der Waals surface area contributed by atoms with Crippen LogP contribution >= 0.6 is 0 Å². The largest absolute Gasteiger partial charge is 0.494 e. The Morgan fingerprint density at radius 1 is 0.816 bits per heavy atom. The van der Waals surface area contributed by atoms with E-state index in [0.717, 1.165) is 67.4 Å². The Balaban J connectivity index is 0.813. The van der Waals surface area contributed by atoms with Crippen molar-refractivity contribution in [2.24, 2.45) is 46.3 Å². The molecule has 3 saturated carbocycles. The van der Waals surface area contributed by atoms with Crippen LogP contribution in [0.2, 0.25) is 0 Å². The lowest BCUT2D eigenvalue weighted by Gasteiger charge is -2.58. The van der Waals surface area contributed by atoms with Crippen LogP contribution in [-0.2, 0) is 23.9 Å². The maximum absolute atomic E-state index is 15.1. The zero-order valence-corrected chi connectivity index (χ0v) is 45.7. The number of nitrogens with one attached hydrogen (secondary N) is 4. The van der Waals surface area contributed by atoms with Crippen molar-refractivity contribution in [2.75, 3.05) is 27.3 Å². The van der Waals surface area contributed by atoms with Gasteiger partial charge in [0.2, 0.25) is 23.2 Å². The number of allylic oxidation sites excluding steroid dienone is 1. The van der Waals surface area contributed by atoms with E-state index in [0.29, 0.717) is 28.0 Å². The fourth-order valence-electron chi connectivity index (χ4n) is 14.2. The number of amides is 4. The predicted molar refractivity (Wildman–Crippen MR) is 288 cm³/mol. The number of benzene rings is 3. The summed E-state index contributed by atoms with van der Waals surface area (Å²) in [7, 11) is 2.51. The van der Waals surface area contributed by atoms with Gasteiger partial charge in [-0.25, -0.2) is 8.78 Å². The monoisotopic (exact) mass is 1050 g/mol. The summed E-state index contributed by atoms with van der Waals surface area (Å²) in [4.78, 5) is 77.8. The molecule has 4 unspecified atom stereocenters. The van der Waals surface area contributed by atoms with Crippen molar-refractivity contribution in [1.82, 2.24) is 21.3 Å². The van der Waals surface area contributed by atoms with E-state index in [1.165, 1.54) is 82.9 Å². The number of hydrogen-bond acceptors (Lipinski definition) is 9. The first-order chi connectivity index (χ1) is 36.2. The maximum Gasteiger partial charge on any atom is 0.305 e. The number of halogens is 2. The number of aryl methyl sites for hydroxylation is 1. The molecule has 0 radical (unpaired) electrons. The molecule has 4 N–H and O–H groups in total. The molecule has 2 aromatic rings. The van der Waals surface area contributed by atoms with Gasteiger partial charge in [-0.15, -0.1) is 0 Å². The van der Waals surface area contributed by atoms with Crippen LogP contribution in [0.5, 0.6) is 5.75 Å². The summed E-state index contributed by atoms with van der Waals surface area (Å²) in [5.41, 5.74) is 3.12. The first kappa shape index (κ1) is 56.1. The summed E-state index contributed by atoms with van der Waals surface area (Å²) in [6.45, 7) is 14.1. The zero-order chi connectivity index (χ0) is 54.6.